The molecular weight excluding hydrogens is 1040 g/mol. The van der Waals surface area contributed by atoms with Gasteiger partial charge in [-0.15, -0.1) is 0 Å². The van der Waals surface area contributed by atoms with Gasteiger partial charge in [-0.05, 0) is 76.7 Å². The van der Waals surface area contributed by atoms with Gasteiger partial charge in [0.15, 0.2) is 0 Å². The van der Waals surface area contributed by atoms with Gasteiger partial charge < -0.3 is 28.5 Å². The first-order chi connectivity index (χ1) is 39.9. The van der Waals surface area contributed by atoms with Crippen LogP contribution in [0.3, 0.4) is 0 Å². The summed E-state index contributed by atoms with van der Waals surface area (Å²) >= 11 is 0. The minimum atomic E-state index is -4.72. The molecule has 0 saturated carbocycles. The van der Waals surface area contributed by atoms with Gasteiger partial charge in [0.2, 0.25) is 5.91 Å². The average molecular weight is 1170 g/mol. The van der Waals surface area contributed by atoms with Gasteiger partial charge in [0.25, 0.3) is 7.82 Å². The molecule has 9 nitrogen and oxygen atoms in total. The Balaban J connectivity index is 5.09. The summed E-state index contributed by atoms with van der Waals surface area (Å²) in [5, 5.41) is 3.03. The fourth-order valence-corrected chi connectivity index (χ4v) is 10.4. The predicted molar refractivity (Wildman–Crippen MR) is 353 cm³/mol. The van der Waals surface area contributed by atoms with Gasteiger partial charge in [-0.1, -0.05) is 305 Å². The van der Waals surface area contributed by atoms with Gasteiger partial charge in [-0.3, -0.25) is 14.2 Å². The van der Waals surface area contributed by atoms with Crippen molar-refractivity contribution in [3.8, 4) is 0 Å². The van der Waals surface area contributed by atoms with Crippen molar-refractivity contribution >= 4 is 19.7 Å². The third-order valence-electron chi connectivity index (χ3n) is 14.9. The van der Waals surface area contributed by atoms with Crippen LogP contribution in [0.4, 0.5) is 0 Å². The Bertz CT molecular complexity index is 1720. The molecule has 474 valence electrons. The van der Waals surface area contributed by atoms with Gasteiger partial charge in [0.1, 0.15) is 19.3 Å². The number of likely N-dealkylation sites (N-methyl/N-ethyl adjacent to an activating group) is 1. The third kappa shape index (κ3) is 61.5. The molecular formula is C72H129N2O7P. The van der Waals surface area contributed by atoms with Gasteiger partial charge in [-0.2, -0.15) is 0 Å². The Labute approximate surface area is 507 Å². The highest BCUT2D eigenvalue weighted by atomic mass is 31.2. The molecule has 0 aromatic heterocycles. The molecule has 82 heavy (non-hydrogen) atoms. The van der Waals surface area contributed by atoms with Crippen molar-refractivity contribution < 1.29 is 37.3 Å². The molecule has 10 heteroatoms. The maximum Gasteiger partial charge on any atom is 0.306 e. The van der Waals surface area contributed by atoms with Crippen molar-refractivity contribution in [2.75, 3.05) is 40.9 Å². The molecule has 3 atom stereocenters. The number of quaternary nitrogens is 1. The number of hydrogen-bond donors (Lipinski definition) is 1. The highest BCUT2D eigenvalue weighted by Gasteiger charge is 2.27. The molecule has 0 aliphatic rings. The van der Waals surface area contributed by atoms with Gasteiger partial charge in [0.05, 0.1) is 33.8 Å². The highest BCUT2D eigenvalue weighted by Crippen LogP contribution is 2.38. The summed E-state index contributed by atoms with van der Waals surface area (Å²) in [7, 11) is 1.15. The topological polar surface area (TPSA) is 114 Å². The lowest BCUT2D eigenvalue weighted by Gasteiger charge is -2.30. The van der Waals surface area contributed by atoms with Crippen LogP contribution in [0.5, 0.6) is 0 Å². The zero-order chi connectivity index (χ0) is 60.0. The SMILES string of the molecule is CC\C=C/C=C/C=C/C=C\C=C\C=C\CCCCCC(=O)OC(/C=C\CCCCCCCCCCCC)C(COP(=O)([O-])OCC[N+](C)(C)C)NC(=O)CCCCCCCCCCCCCCCCCCC/C=C/CCCCCCCC. The number of phosphoric ester groups is 1. The van der Waals surface area contributed by atoms with E-state index in [2.05, 4.69) is 50.4 Å². The summed E-state index contributed by atoms with van der Waals surface area (Å²) in [6.07, 6.45) is 82.5. The lowest BCUT2D eigenvalue weighted by molar-refractivity contribution is -0.870. The molecule has 0 fully saturated rings. The van der Waals surface area contributed by atoms with Crippen LogP contribution in [0, 0.1) is 0 Å². The van der Waals surface area contributed by atoms with E-state index in [0.29, 0.717) is 23.9 Å². The summed E-state index contributed by atoms with van der Waals surface area (Å²) in [6, 6.07) is -0.912. The van der Waals surface area contributed by atoms with E-state index in [-0.39, 0.29) is 24.9 Å². The van der Waals surface area contributed by atoms with Crippen LogP contribution in [0.15, 0.2) is 97.2 Å². The molecule has 0 aromatic carbocycles. The lowest BCUT2D eigenvalue weighted by Crippen LogP contribution is -2.47. The predicted octanol–water partition coefficient (Wildman–Crippen LogP) is 20.9. The minimum absolute atomic E-state index is 0.0332. The van der Waals surface area contributed by atoms with Gasteiger partial charge in [-0.25, -0.2) is 0 Å². The van der Waals surface area contributed by atoms with E-state index in [0.717, 1.165) is 64.2 Å². The first-order valence-electron chi connectivity index (χ1n) is 34.1. The maximum absolute atomic E-state index is 13.6. The van der Waals surface area contributed by atoms with E-state index >= 15 is 0 Å². The number of rotatable bonds is 61. The van der Waals surface area contributed by atoms with E-state index in [1.165, 1.54) is 193 Å². The second kappa shape index (κ2) is 61.0. The highest BCUT2D eigenvalue weighted by molar-refractivity contribution is 7.45. The average Bonchev–Trinajstić information content (AvgIpc) is 3.44. The number of nitrogens with one attached hydrogen (secondary N) is 1. The molecule has 0 saturated heterocycles. The van der Waals surface area contributed by atoms with Crippen molar-refractivity contribution in [2.45, 2.75) is 309 Å². The van der Waals surface area contributed by atoms with Crippen LogP contribution in [0.1, 0.15) is 297 Å². The number of amides is 1. The monoisotopic (exact) mass is 1160 g/mol. The van der Waals surface area contributed by atoms with E-state index in [1.807, 2.05) is 94.1 Å². The van der Waals surface area contributed by atoms with E-state index in [4.69, 9.17) is 13.8 Å². The van der Waals surface area contributed by atoms with Crippen molar-refractivity contribution in [3.05, 3.63) is 97.2 Å². The quantitative estimate of drug-likeness (QED) is 0.0161. The fraction of sp³-hybridized carbons (Fsp3) is 0.750. The van der Waals surface area contributed by atoms with E-state index < -0.39 is 26.6 Å². The number of allylic oxidation sites excluding steroid dienone is 15. The Morgan fingerprint density at radius 3 is 1.22 bits per heavy atom. The Kier molecular flexibility index (Phi) is 58.7. The van der Waals surface area contributed by atoms with Gasteiger partial charge >= 0.3 is 5.97 Å². The first kappa shape index (κ1) is 78.9. The second-order valence-corrected chi connectivity index (χ2v) is 25.5. The smallest absolute Gasteiger partial charge is 0.306 e. The van der Waals surface area contributed by atoms with Crippen LogP contribution in [-0.2, 0) is 27.9 Å². The standard InChI is InChI=1S/C72H129N2O7P/c1-7-10-13-16-19-22-25-28-30-32-33-34-35-36-37-38-39-40-41-43-44-46-49-52-55-58-61-64-71(75)73-69(68-80-82(77,78)79-67-66-74(4,5)6)70(63-60-57-54-51-48-27-24-21-18-15-12-9-3)81-72(76)65-62-59-56-53-50-47-45-42-31-29-26-23-20-17-14-11-8-2/h11,14,17,20,23,26,28-31,42,45,47,50,60,63,69-70H,7-10,12-13,15-16,18-19,21-22,24-25,27,32-41,43-44,46,48-49,51-59,61-62,64-68H2,1-6H3,(H-,73,75,77,78)/b14-11-,20-17+,26-23+,30-28+,31-29-,45-42+,50-47+,63-60-. The number of carbonyl (C=O) groups excluding carboxylic acids is 2. The number of esters is 1. The first-order valence-corrected chi connectivity index (χ1v) is 35.6. The lowest BCUT2D eigenvalue weighted by atomic mass is 10.0. The Morgan fingerprint density at radius 1 is 0.439 bits per heavy atom. The van der Waals surface area contributed by atoms with E-state index in [1.54, 1.807) is 0 Å². The van der Waals surface area contributed by atoms with Crippen molar-refractivity contribution in [2.24, 2.45) is 0 Å². The van der Waals surface area contributed by atoms with Crippen LogP contribution in [0.25, 0.3) is 0 Å². The maximum atomic E-state index is 13.6. The van der Waals surface area contributed by atoms with Crippen LogP contribution >= 0.6 is 7.82 Å². The van der Waals surface area contributed by atoms with Crippen molar-refractivity contribution in [3.63, 3.8) is 0 Å². The van der Waals surface area contributed by atoms with Crippen LogP contribution in [-0.4, -0.2) is 69.4 Å². The molecule has 0 rings (SSSR count). The minimum Gasteiger partial charge on any atom is -0.756 e. The molecule has 0 spiro atoms. The summed E-state index contributed by atoms with van der Waals surface area (Å²) in [4.78, 5) is 40.1. The Morgan fingerprint density at radius 2 is 0.793 bits per heavy atom. The number of carbonyl (C=O) groups is 2. The largest absolute Gasteiger partial charge is 0.756 e. The van der Waals surface area contributed by atoms with Crippen LogP contribution < -0.4 is 10.2 Å². The molecule has 1 N–H and O–H groups in total. The number of unbranched alkanes of at least 4 members (excludes halogenated alkanes) is 36. The zero-order valence-corrected chi connectivity index (χ0v) is 55.1. The molecule has 0 bridgehead atoms. The molecule has 3 unspecified atom stereocenters. The molecule has 0 aromatic rings. The third-order valence-corrected chi connectivity index (χ3v) is 15.9. The normalized spacial score (nSPS) is 14.2. The molecule has 0 aliphatic carbocycles. The number of hydrogen-bond acceptors (Lipinski definition) is 7. The summed E-state index contributed by atoms with van der Waals surface area (Å²) in [6.45, 7) is 6.68. The molecule has 0 heterocycles. The number of nitrogens with zero attached hydrogens (tertiary/aromatic N) is 1. The molecule has 1 amide bonds. The Hall–Kier alpha value is -3.07. The van der Waals surface area contributed by atoms with Crippen molar-refractivity contribution in [1.82, 2.24) is 5.32 Å². The van der Waals surface area contributed by atoms with Crippen molar-refractivity contribution in [1.29, 1.82) is 0 Å². The summed E-state index contributed by atoms with van der Waals surface area (Å²) in [5.74, 6) is -0.588. The summed E-state index contributed by atoms with van der Waals surface area (Å²) < 4.78 is 30.3. The fourth-order valence-electron chi connectivity index (χ4n) is 9.67. The summed E-state index contributed by atoms with van der Waals surface area (Å²) in [5.41, 5.74) is 0. The molecule has 0 aliphatic heterocycles. The molecule has 0 radical (unpaired) electrons. The number of ether oxygens (including phenoxy) is 1. The second-order valence-electron chi connectivity index (χ2n) is 24.1. The van der Waals surface area contributed by atoms with Crippen LogP contribution in [0.2, 0.25) is 0 Å². The van der Waals surface area contributed by atoms with E-state index in [9.17, 15) is 19.0 Å². The zero-order valence-electron chi connectivity index (χ0n) is 54.2. The van der Waals surface area contributed by atoms with Gasteiger partial charge in [0, 0.05) is 12.8 Å². The number of phosphoric acid groups is 1.